The van der Waals surface area contributed by atoms with Crippen molar-refractivity contribution in [1.29, 1.82) is 0 Å². The minimum absolute atomic E-state index is 0.0776. The molecule has 3 rings (SSSR count). The molecule has 0 saturated carbocycles. The maximum Gasteiger partial charge on any atom is 0.242 e. The lowest BCUT2D eigenvalue weighted by atomic mass is 10.2. The van der Waals surface area contributed by atoms with Gasteiger partial charge in [-0.1, -0.05) is 31.5 Å². The molecule has 0 atom stereocenters. The number of unbranched alkanes of at least 4 members (excludes halogenated alkanes) is 1. The summed E-state index contributed by atoms with van der Waals surface area (Å²) in [5.74, 6) is 0.715. The van der Waals surface area contributed by atoms with Crippen molar-refractivity contribution in [3.63, 3.8) is 0 Å². The van der Waals surface area contributed by atoms with Crippen molar-refractivity contribution in [3.8, 4) is 0 Å². The number of carbonyl (C=O) groups excluding carboxylic acids is 1. The van der Waals surface area contributed by atoms with E-state index in [-0.39, 0.29) is 10.8 Å². The van der Waals surface area contributed by atoms with E-state index in [1.807, 2.05) is 36.4 Å². The molecular formula is C22H28N4O3S. The zero-order chi connectivity index (χ0) is 21.7. The first-order valence-corrected chi connectivity index (χ1v) is 11.5. The summed E-state index contributed by atoms with van der Waals surface area (Å²) < 4.78 is 28.2. The molecule has 0 aliphatic rings. The van der Waals surface area contributed by atoms with E-state index in [0.717, 1.165) is 36.4 Å². The van der Waals surface area contributed by atoms with Gasteiger partial charge in [0.05, 0.1) is 15.9 Å². The van der Waals surface area contributed by atoms with Crippen LogP contribution in [-0.2, 0) is 27.8 Å². The molecule has 0 aliphatic heterocycles. The monoisotopic (exact) mass is 428 g/mol. The Hall–Kier alpha value is -2.71. The molecule has 0 radical (unpaired) electrons. The first kappa shape index (κ1) is 22.0. The van der Waals surface area contributed by atoms with E-state index in [4.69, 9.17) is 0 Å². The second-order valence-electron chi connectivity index (χ2n) is 7.39. The van der Waals surface area contributed by atoms with Crippen LogP contribution < -0.4 is 5.32 Å². The van der Waals surface area contributed by atoms with Crippen LogP contribution in [0.4, 0.5) is 5.69 Å². The predicted octanol–water partition coefficient (Wildman–Crippen LogP) is 3.66. The summed E-state index contributed by atoms with van der Waals surface area (Å²) in [6, 6.07) is 14.4. The van der Waals surface area contributed by atoms with Crippen LogP contribution in [0.1, 0.15) is 32.0 Å². The highest BCUT2D eigenvalue weighted by Gasteiger charge is 2.20. The Kier molecular flexibility index (Phi) is 6.89. The number of aromatic nitrogens is 2. The average molecular weight is 429 g/mol. The van der Waals surface area contributed by atoms with E-state index in [0.29, 0.717) is 18.4 Å². The number of hydrogen-bond donors (Lipinski definition) is 1. The summed E-state index contributed by atoms with van der Waals surface area (Å²) in [5.41, 5.74) is 2.28. The molecule has 0 saturated heterocycles. The van der Waals surface area contributed by atoms with E-state index in [1.54, 1.807) is 12.1 Å². The summed E-state index contributed by atoms with van der Waals surface area (Å²) >= 11 is 0. The number of fused-ring (bicyclic) bond motifs is 1. The third kappa shape index (κ3) is 4.88. The molecule has 0 aliphatic carbocycles. The van der Waals surface area contributed by atoms with Crippen molar-refractivity contribution in [2.24, 2.45) is 0 Å². The van der Waals surface area contributed by atoms with Crippen LogP contribution in [0.3, 0.4) is 0 Å². The number of sulfonamides is 1. The van der Waals surface area contributed by atoms with Gasteiger partial charge in [-0.05, 0) is 36.8 Å². The number of imidazole rings is 1. The Morgan fingerprint density at radius 2 is 1.87 bits per heavy atom. The van der Waals surface area contributed by atoms with E-state index < -0.39 is 10.0 Å². The quantitative estimate of drug-likeness (QED) is 0.564. The van der Waals surface area contributed by atoms with Gasteiger partial charge in [-0.25, -0.2) is 17.7 Å². The highest BCUT2D eigenvalue weighted by atomic mass is 32.2. The van der Waals surface area contributed by atoms with Crippen LogP contribution in [0.25, 0.3) is 11.0 Å². The van der Waals surface area contributed by atoms with Gasteiger partial charge in [0.15, 0.2) is 0 Å². The van der Waals surface area contributed by atoms with Gasteiger partial charge in [0.2, 0.25) is 15.9 Å². The lowest BCUT2D eigenvalue weighted by Gasteiger charge is -2.11. The highest BCUT2D eigenvalue weighted by Crippen LogP contribution is 2.23. The van der Waals surface area contributed by atoms with Gasteiger partial charge < -0.3 is 9.88 Å². The predicted molar refractivity (Wildman–Crippen MR) is 119 cm³/mol. The second kappa shape index (κ2) is 9.40. The number of para-hydroxylation sites is 1. The van der Waals surface area contributed by atoms with Crippen molar-refractivity contribution >= 4 is 32.7 Å². The van der Waals surface area contributed by atoms with E-state index in [1.165, 1.54) is 18.4 Å². The number of nitrogens with one attached hydrogen (secondary N) is 1. The van der Waals surface area contributed by atoms with Crippen LogP contribution in [0.2, 0.25) is 0 Å². The topological polar surface area (TPSA) is 84.3 Å². The van der Waals surface area contributed by atoms with Crippen molar-refractivity contribution in [3.05, 3.63) is 54.4 Å². The fraction of sp³-hybridized carbons (Fsp3) is 0.364. The zero-order valence-electron chi connectivity index (χ0n) is 17.6. The first-order chi connectivity index (χ1) is 14.3. The third-order valence-electron chi connectivity index (χ3n) is 4.95. The molecule has 160 valence electrons. The molecule has 1 N–H and O–H groups in total. The standard InChI is InChI=1S/C22H28N4O3S/c1-4-5-15-26-20-12-11-18(30(28,29)25(2)3)16-19(20)24-21(26)13-14-22(27)23-17-9-7-6-8-10-17/h6-12,16H,4-5,13-15H2,1-3H3,(H,23,27). The summed E-state index contributed by atoms with van der Waals surface area (Å²) in [6.45, 7) is 2.90. The lowest BCUT2D eigenvalue weighted by molar-refractivity contribution is -0.116. The zero-order valence-corrected chi connectivity index (χ0v) is 18.4. The minimum Gasteiger partial charge on any atom is -0.328 e. The highest BCUT2D eigenvalue weighted by molar-refractivity contribution is 7.89. The van der Waals surface area contributed by atoms with E-state index in [2.05, 4.69) is 21.8 Å². The van der Waals surface area contributed by atoms with Gasteiger partial charge in [0, 0.05) is 39.2 Å². The van der Waals surface area contributed by atoms with Crippen LogP contribution in [0.15, 0.2) is 53.4 Å². The number of nitrogens with zero attached hydrogens (tertiary/aromatic N) is 3. The number of amides is 1. The smallest absolute Gasteiger partial charge is 0.242 e. The van der Waals surface area contributed by atoms with E-state index in [9.17, 15) is 13.2 Å². The van der Waals surface area contributed by atoms with Crippen LogP contribution in [0.5, 0.6) is 0 Å². The Morgan fingerprint density at radius 3 is 2.53 bits per heavy atom. The number of aryl methyl sites for hydroxylation is 2. The van der Waals surface area contributed by atoms with Gasteiger partial charge in [-0.15, -0.1) is 0 Å². The van der Waals surface area contributed by atoms with Crippen LogP contribution in [-0.4, -0.2) is 42.3 Å². The van der Waals surface area contributed by atoms with Gasteiger partial charge in [-0.2, -0.15) is 0 Å². The summed E-state index contributed by atoms with van der Waals surface area (Å²) in [4.78, 5) is 17.2. The molecular weight excluding hydrogens is 400 g/mol. The summed E-state index contributed by atoms with van der Waals surface area (Å²) in [6.07, 6.45) is 2.78. The summed E-state index contributed by atoms with van der Waals surface area (Å²) in [5, 5.41) is 2.89. The van der Waals surface area contributed by atoms with Gasteiger partial charge >= 0.3 is 0 Å². The van der Waals surface area contributed by atoms with Crippen molar-refractivity contribution in [2.75, 3.05) is 19.4 Å². The molecule has 0 fully saturated rings. The largest absolute Gasteiger partial charge is 0.328 e. The molecule has 0 bridgehead atoms. The van der Waals surface area contributed by atoms with Crippen molar-refractivity contribution in [2.45, 2.75) is 44.0 Å². The Bertz CT molecular complexity index is 1120. The second-order valence-corrected chi connectivity index (χ2v) is 9.54. The Balaban J connectivity index is 1.85. The molecule has 0 unspecified atom stereocenters. The van der Waals surface area contributed by atoms with Gasteiger partial charge in [0.1, 0.15) is 5.82 Å². The number of anilines is 1. The number of carbonyl (C=O) groups is 1. The molecule has 2 aromatic carbocycles. The molecule has 1 amide bonds. The molecule has 0 spiro atoms. The van der Waals surface area contributed by atoms with Crippen LogP contribution >= 0.6 is 0 Å². The Morgan fingerprint density at radius 1 is 1.13 bits per heavy atom. The van der Waals surface area contributed by atoms with Crippen molar-refractivity contribution < 1.29 is 13.2 Å². The fourth-order valence-corrected chi connectivity index (χ4v) is 4.18. The average Bonchev–Trinajstić information content (AvgIpc) is 3.08. The minimum atomic E-state index is -3.53. The van der Waals surface area contributed by atoms with Gasteiger partial charge in [0.25, 0.3) is 0 Å². The molecule has 1 heterocycles. The third-order valence-corrected chi connectivity index (χ3v) is 6.76. The van der Waals surface area contributed by atoms with Crippen LogP contribution in [0, 0.1) is 0 Å². The van der Waals surface area contributed by atoms with Gasteiger partial charge in [-0.3, -0.25) is 4.79 Å². The molecule has 7 nitrogen and oxygen atoms in total. The fourth-order valence-electron chi connectivity index (χ4n) is 3.26. The normalized spacial score (nSPS) is 11.9. The maximum atomic E-state index is 12.5. The van der Waals surface area contributed by atoms with Crippen molar-refractivity contribution in [1.82, 2.24) is 13.9 Å². The number of hydrogen-bond acceptors (Lipinski definition) is 4. The number of rotatable bonds is 9. The molecule has 3 aromatic rings. The molecule has 8 heteroatoms. The molecule has 1 aromatic heterocycles. The number of benzene rings is 2. The Labute approximate surface area is 177 Å². The lowest BCUT2D eigenvalue weighted by Crippen LogP contribution is -2.22. The first-order valence-electron chi connectivity index (χ1n) is 10.1. The maximum absolute atomic E-state index is 12.5. The van der Waals surface area contributed by atoms with E-state index >= 15 is 0 Å². The SMILES string of the molecule is CCCCn1c(CCC(=O)Nc2ccccc2)nc2cc(S(=O)(=O)N(C)C)ccc21. The summed E-state index contributed by atoms with van der Waals surface area (Å²) in [7, 11) is -0.509. The molecule has 30 heavy (non-hydrogen) atoms.